The van der Waals surface area contributed by atoms with E-state index in [1.165, 1.54) is 0 Å². The third kappa shape index (κ3) is 1.72. The Labute approximate surface area is 123 Å². The minimum absolute atomic E-state index is 0.0131. The first-order valence-electron chi connectivity index (χ1n) is 7.66. The van der Waals surface area contributed by atoms with Gasteiger partial charge in [-0.3, -0.25) is 9.59 Å². The van der Waals surface area contributed by atoms with Crippen molar-refractivity contribution < 1.29 is 14.7 Å². The number of amides is 1. The van der Waals surface area contributed by atoms with E-state index in [1.54, 1.807) is 0 Å². The van der Waals surface area contributed by atoms with Crippen molar-refractivity contribution in [1.29, 1.82) is 0 Å². The zero-order valence-corrected chi connectivity index (χ0v) is 11.8. The van der Waals surface area contributed by atoms with Gasteiger partial charge < -0.3 is 10.4 Å². The van der Waals surface area contributed by atoms with Crippen molar-refractivity contribution in [2.75, 3.05) is 6.61 Å². The molecule has 0 saturated heterocycles. The molecule has 21 heavy (non-hydrogen) atoms. The molecule has 4 aliphatic carbocycles. The van der Waals surface area contributed by atoms with Gasteiger partial charge in [0.05, 0.1) is 18.1 Å². The van der Waals surface area contributed by atoms with Crippen LogP contribution in [0.15, 0.2) is 30.3 Å². The first kappa shape index (κ1) is 13.0. The zero-order valence-electron chi connectivity index (χ0n) is 11.8. The van der Waals surface area contributed by atoms with Gasteiger partial charge >= 0.3 is 0 Å². The van der Waals surface area contributed by atoms with E-state index in [9.17, 15) is 14.7 Å². The molecule has 0 radical (unpaired) electrons. The summed E-state index contributed by atoms with van der Waals surface area (Å²) >= 11 is 0. The normalized spacial score (nSPS) is 36.6. The molecule has 0 heterocycles. The molecule has 4 bridgehead atoms. The van der Waals surface area contributed by atoms with Crippen molar-refractivity contribution in [3.05, 3.63) is 35.9 Å². The van der Waals surface area contributed by atoms with Crippen LogP contribution in [-0.2, 0) is 16.0 Å². The van der Waals surface area contributed by atoms with Crippen molar-refractivity contribution in [2.45, 2.75) is 25.3 Å². The number of carbonyl (C=O) groups is 2. The van der Waals surface area contributed by atoms with Gasteiger partial charge in [-0.25, -0.2) is 0 Å². The fraction of sp³-hybridized carbons (Fsp3) is 0.529. The third-order valence-corrected chi connectivity index (χ3v) is 5.64. The molecule has 0 aromatic heterocycles. The fourth-order valence-electron chi connectivity index (χ4n) is 4.65. The van der Waals surface area contributed by atoms with Crippen LogP contribution in [0.25, 0.3) is 0 Å². The summed E-state index contributed by atoms with van der Waals surface area (Å²) in [7, 11) is 0. The van der Waals surface area contributed by atoms with Crippen LogP contribution in [0.1, 0.15) is 18.4 Å². The Kier molecular flexibility index (Phi) is 2.73. The van der Waals surface area contributed by atoms with Gasteiger partial charge in [0.2, 0.25) is 5.91 Å². The second kappa shape index (κ2) is 4.41. The highest BCUT2D eigenvalue weighted by Crippen LogP contribution is 2.77. The van der Waals surface area contributed by atoms with E-state index in [1.807, 2.05) is 30.3 Å². The van der Waals surface area contributed by atoms with Gasteiger partial charge in [-0.05, 0) is 30.7 Å². The molecule has 4 heteroatoms. The van der Waals surface area contributed by atoms with E-state index < -0.39 is 5.41 Å². The number of aliphatic hydroxyl groups excluding tert-OH is 1. The number of hydrogen-bond donors (Lipinski definition) is 2. The maximum Gasteiger partial charge on any atom is 0.227 e. The summed E-state index contributed by atoms with van der Waals surface area (Å²) in [6.45, 7) is -0.0799. The Morgan fingerprint density at radius 1 is 1.38 bits per heavy atom. The molecule has 110 valence electrons. The van der Waals surface area contributed by atoms with Crippen LogP contribution in [0.2, 0.25) is 0 Å². The number of hydrogen-bond acceptors (Lipinski definition) is 3. The lowest BCUT2D eigenvalue weighted by Gasteiger charge is -2.20. The predicted octanol–water partition coefficient (Wildman–Crippen LogP) is 0.931. The molecule has 1 amide bonds. The Bertz CT molecular complexity index is 599. The largest absolute Gasteiger partial charge is 0.394 e. The van der Waals surface area contributed by atoms with E-state index in [4.69, 9.17) is 0 Å². The Morgan fingerprint density at radius 2 is 2.14 bits per heavy atom. The quantitative estimate of drug-likeness (QED) is 0.846. The molecule has 5 atom stereocenters. The van der Waals surface area contributed by atoms with Gasteiger partial charge in [-0.1, -0.05) is 30.3 Å². The predicted molar refractivity (Wildman–Crippen MR) is 76.3 cm³/mol. The fourth-order valence-corrected chi connectivity index (χ4v) is 4.65. The van der Waals surface area contributed by atoms with Gasteiger partial charge in [0.15, 0.2) is 0 Å². The zero-order chi connectivity index (χ0) is 14.6. The molecule has 0 unspecified atom stereocenters. The molecule has 2 N–H and O–H groups in total. The number of benzene rings is 1. The smallest absolute Gasteiger partial charge is 0.227 e. The van der Waals surface area contributed by atoms with E-state index >= 15 is 0 Å². The summed E-state index contributed by atoms with van der Waals surface area (Å²) in [5.74, 6) is 0.691. The van der Waals surface area contributed by atoms with Gasteiger partial charge in [0.25, 0.3) is 0 Å². The first-order chi connectivity index (χ1) is 10.2. The minimum atomic E-state index is -0.411. The molecule has 5 rings (SSSR count). The van der Waals surface area contributed by atoms with Crippen molar-refractivity contribution in [2.24, 2.45) is 23.2 Å². The Hall–Kier alpha value is -1.68. The van der Waals surface area contributed by atoms with Crippen LogP contribution in [0.4, 0.5) is 0 Å². The molecule has 4 fully saturated rings. The highest BCUT2D eigenvalue weighted by atomic mass is 16.3. The molecule has 0 aliphatic heterocycles. The molecule has 1 aromatic rings. The highest BCUT2D eigenvalue weighted by Gasteiger charge is 2.82. The second-order valence-electron chi connectivity index (χ2n) is 6.71. The second-order valence-corrected chi connectivity index (χ2v) is 6.71. The van der Waals surface area contributed by atoms with Gasteiger partial charge in [0, 0.05) is 11.8 Å². The van der Waals surface area contributed by atoms with E-state index in [0.717, 1.165) is 18.4 Å². The maximum absolute atomic E-state index is 12.6. The van der Waals surface area contributed by atoms with Crippen molar-refractivity contribution in [3.8, 4) is 0 Å². The summed E-state index contributed by atoms with van der Waals surface area (Å²) in [5, 5.41) is 12.5. The maximum atomic E-state index is 12.6. The molecular weight excluding hydrogens is 266 g/mol. The van der Waals surface area contributed by atoms with Crippen LogP contribution in [0.3, 0.4) is 0 Å². The first-order valence-corrected chi connectivity index (χ1v) is 7.66. The van der Waals surface area contributed by atoms with Crippen molar-refractivity contribution in [1.82, 2.24) is 5.32 Å². The van der Waals surface area contributed by atoms with Gasteiger partial charge in [-0.15, -0.1) is 0 Å². The SMILES string of the molecule is O=C1[C@@H]2C[C@@H]3[C@@H]1[C@@]3(C(=O)N[C@@H](CO)Cc1ccccc1)C2. The van der Waals surface area contributed by atoms with Crippen LogP contribution < -0.4 is 5.32 Å². The molecule has 4 aliphatic rings. The third-order valence-electron chi connectivity index (χ3n) is 5.64. The average Bonchev–Trinajstić information content (AvgIpc) is 2.79. The standard InChI is InChI=1S/C17H19NO3/c19-9-12(6-10-4-2-1-3-5-10)18-16(21)17-8-11-7-13(17)14(17)15(11)20/h1-5,11-14,19H,6-9H2,(H,18,21)/t11-,12-,13-,14+,17-/m1/s1. The topological polar surface area (TPSA) is 66.4 Å². The minimum Gasteiger partial charge on any atom is -0.394 e. The summed E-state index contributed by atoms with van der Waals surface area (Å²) in [5.41, 5.74) is 0.680. The summed E-state index contributed by atoms with van der Waals surface area (Å²) in [6.07, 6.45) is 2.25. The molecule has 0 spiro atoms. The average molecular weight is 285 g/mol. The van der Waals surface area contributed by atoms with Crippen molar-refractivity contribution in [3.63, 3.8) is 0 Å². The molecular formula is C17H19NO3. The monoisotopic (exact) mass is 285 g/mol. The van der Waals surface area contributed by atoms with Crippen LogP contribution in [0.5, 0.6) is 0 Å². The van der Waals surface area contributed by atoms with Crippen LogP contribution in [-0.4, -0.2) is 29.4 Å². The number of carbonyl (C=O) groups excluding carboxylic acids is 2. The molecule has 1 aromatic carbocycles. The Morgan fingerprint density at radius 3 is 2.67 bits per heavy atom. The number of rotatable bonds is 5. The lowest BCUT2D eigenvalue weighted by Crippen LogP contribution is -2.43. The summed E-state index contributed by atoms with van der Waals surface area (Å²) < 4.78 is 0. The highest BCUT2D eigenvalue weighted by molar-refractivity contribution is 6.04. The van der Waals surface area contributed by atoms with Crippen molar-refractivity contribution >= 4 is 11.7 Å². The molecule has 4 saturated carbocycles. The van der Waals surface area contributed by atoms with Crippen LogP contribution >= 0.6 is 0 Å². The van der Waals surface area contributed by atoms with Gasteiger partial charge in [0.1, 0.15) is 5.78 Å². The van der Waals surface area contributed by atoms with E-state index in [-0.39, 0.29) is 36.3 Å². The summed E-state index contributed by atoms with van der Waals surface area (Å²) in [6, 6.07) is 9.55. The lowest BCUT2D eigenvalue weighted by atomic mass is 10.0. The Balaban J connectivity index is 1.44. The number of aliphatic hydroxyl groups is 1. The van der Waals surface area contributed by atoms with E-state index in [2.05, 4.69) is 5.32 Å². The number of nitrogens with one attached hydrogen (secondary N) is 1. The van der Waals surface area contributed by atoms with Crippen LogP contribution in [0, 0.1) is 23.2 Å². The summed E-state index contributed by atoms with van der Waals surface area (Å²) in [4.78, 5) is 24.5. The van der Waals surface area contributed by atoms with Gasteiger partial charge in [-0.2, -0.15) is 0 Å². The number of Topliss-reactive ketones (excluding diaryl/α,β-unsaturated/α-hetero) is 1. The molecule has 4 nitrogen and oxygen atoms in total. The number of ketones is 1. The van der Waals surface area contributed by atoms with E-state index in [0.29, 0.717) is 12.2 Å². The lowest BCUT2D eigenvalue weighted by molar-refractivity contribution is -0.128.